The number of hydrogen-bond donors (Lipinski definition) is 2. The lowest BCUT2D eigenvalue weighted by atomic mass is 9.78. The molecule has 1 amide bonds. The van der Waals surface area contributed by atoms with Crippen molar-refractivity contribution in [1.29, 1.82) is 0 Å². The Balaban J connectivity index is 1.50. The van der Waals surface area contributed by atoms with Crippen LogP contribution in [-0.2, 0) is 4.79 Å². The lowest BCUT2D eigenvalue weighted by Gasteiger charge is -2.25. The zero-order chi connectivity index (χ0) is 21.2. The van der Waals surface area contributed by atoms with Crippen LogP contribution in [0, 0.1) is 0 Å². The Bertz CT molecular complexity index is 1080. The highest BCUT2D eigenvalue weighted by Gasteiger charge is 2.33. The topological polar surface area (TPSA) is 41.1 Å². The Labute approximate surface area is 184 Å². The van der Waals surface area contributed by atoms with E-state index in [1.165, 1.54) is 40.7 Å². The van der Waals surface area contributed by atoms with Crippen LogP contribution in [0.15, 0.2) is 78.9 Å². The van der Waals surface area contributed by atoms with Gasteiger partial charge >= 0.3 is 0 Å². The van der Waals surface area contributed by atoms with Gasteiger partial charge in [-0.3, -0.25) is 4.79 Å². The summed E-state index contributed by atoms with van der Waals surface area (Å²) in [5.74, 6) is 1.51. The Morgan fingerprint density at radius 3 is 2.00 bits per heavy atom. The van der Waals surface area contributed by atoms with Crippen LogP contribution in [0.1, 0.15) is 59.3 Å². The van der Waals surface area contributed by atoms with Crippen LogP contribution in [0.3, 0.4) is 0 Å². The number of nitrogens with one attached hydrogen (secondary N) is 2. The van der Waals surface area contributed by atoms with E-state index in [0.717, 1.165) is 30.1 Å². The second kappa shape index (κ2) is 8.43. The molecule has 0 radical (unpaired) electrons. The van der Waals surface area contributed by atoms with Gasteiger partial charge in [0.05, 0.1) is 0 Å². The maximum atomic E-state index is 10.8. The van der Waals surface area contributed by atoms with Crippen LogP contribution >= 0.6 is 0 Å². The molecule has 1 fully saturated rings. The van der Waals surface area contributed by atoms with E-state index in [2.05, 4.69) is 77.4 Å². The van der Waals surface area contributed by atoms with Crippen LogP contribution in [0.2, 0.25) is 0 Å². The van der Waals surface area contributed by atoms with E-state index >= 15 is 0 Å². The molecule has 2 N–H and O–H groups in total. The van der Waals surface area contributed by atoms with Gasteiger partial charge in [-0.15, -0.1) is 0 Å². The summed E-state index contributed by atoms with van der Waals surface area (Å²) in [5, 5.41) is 5.95. The third-order valence-electron chi connectivity index (χ3n) is 6.74. The second-order valence-electron chi connectivity index (χ2n) is 8.63. The normalized spacial score (nSPS) is 20.2. The Morgan fingerprint density at radius 1 is 0.774 bits per heavy atom. The number of amides is 1. The van der Waals surface area contributed by atoms with Crippen molar-refractivity contribution in [3.8, 4) is 0 Å². The second-order valence-corrected chi connectivity index (χ2v) is 8.63. The van der Waals surface area contributed by atoms with Crippen molar-refractivity contribution in [2.45, 2.75) is 37.0 Å². The van der Waals surface area contributed by atoms with E-state index in [4.69, 9.17) is 0 Å². The quantitative estimate of drug-likeness (QED) is 0.437. The summed E-state index contributed by atoms with van der Waals surface area (Å²) in [5.41, 5.74) is 8.79. The molecule has 0 spiro atoms. The third-order valence-corrected chi connectivity index (χ3v) is 6.74. The molecule has 0 aliphatic heterocycles. The van der Waals surface area contributed by atoms with Crippen LogP contribution in [0.5, 0.6) is 0 Å². The van der Waals surface area contributed by atoms with Crippen molar-refractivity contribution in [3.63, 3.8) is 0 Å². The molecule has 3 heteroatoms. The van der Waals surface area contributed by atoms with Gasteiger partial charge in [0, 0.05) is 24.3 Å². The van der Waals surface area contributed by atoms with Gasteiger partial charge in [0.25, 0.3) is 0 Å². The minimum Gasteiger partial charge on any atom is -0.388 e. The van der Waals surface area contributed by atoms with Crippen molar-refractivity contribution in [2.24, 2.45) is 0 Å². The molecule has 156 valence electrons. The summed E-state index contributed by atoms with van der Waals surface area (Å²) in [6.45, 7) is 0. The van der Waals surface area contributed by atoms with Gasteiger partial charge in [0.1, 0.15) is 0 Å². The monoisotopic (exact) mass is 408 g/mol. The van der Waals surface area contributed by atoms with Crippen molar-refractivity contribution in [2.75, 3.05) is 17.7 Å². The number of rotatable bonds is 7. The molecular weight excluding hydrogens is 380 g/mol. The minimum absolute atomic E-state index is 0.318. The Kier molecular flexibility index (Phi) is 5.33. The zero-order valence-electron chi connectivity index (χ0n) is 17.8. The summed E-state index contributed by atoms with van der Waals surface area (Å²) < 4.78 is 0. The van der Waals surface area contributed by atoms with Crippen molar-refractivity contribution in [1.82, 2.24) is 0 Å². The maximum absolute atomic E-state index is 10.8. The lowest BCUT2D eigenvalue weighted by molar-refractivity contribution is -0.105. The van der Waals surface area contributed by atoms with E-state index in [1.807, 2.05) is 19.2 Å². The number of carbonyl (C=O) groups is 1. The molecule has 2 unspecified atom stereocenters. The molecule has 5 rings (SSSR count). The summed E-state index contributed by atoms with van der Waals surface area (Å²) in [7, 11) is 1.96. The van der Waals surface area contributed by atoms with E-state index in [1.54, 1.807) is 0 Å². The van der Waals surface area contributed by atoms with Crippen molar-refractivity contribution < 1.29 is 4.79 Å². The molecule has 31 heavy (non-hydrogen) atoms. The fraction of sp³-hybridized carbons (Fsp3) is 0.250. The van der Waals surface area contributed by atoms with Crippen LogP contribution in [0.4, 0.5) is 11.4 Å². The van der Waals surface area contributed by atoms with Gasteiger partial charge in [0.2, 0.25) is 6.41 Å². The summed E-state index contributed by atoms with van der Waals surface area (Å²) in [6, 6.07) is 26.4. The molecular formula is C28H28N2O. The fourth-order valence-corrected chi connectivity index (χ4v) is 4.89. The van der Waals surface area contributed by atoms with Crippen LogP contribution in [-0.4, -0.2) is 13.5 Å². The highest BCUT2D eigenvalue weighted by atomic mass is 16.1. The predicted octanol–water partition coefficient (Wildman–Crippen LogP) is 6.53. The van der Waals surface area contributed by atoms with Crippen LogP contribution in [0.25, 0.3) is 5.57 Å². The number of benzene rings is 3. The summed E-state index contributed by atoms with van der Waals surface area (Å²) in [4.78, 5) is 10.8. The fourth-order valence-electron chi connectivity index (χ4n) is 4.89. The number of carbonyl (C=O) groups excluding carboxylic acids is 1. The van der Waals surface area contributed by atoms with E-state index in [-0.39, 0.29) is 0 Å². The van der Waals surface area contributed by atoms with Gasteiger partial charge in [-0.1, -0.05) is 54.6 Å². The molecule has 2 aliphatic carbocycles. The smallest absolute Gasteiger partial charge is 0.211 e. The first kappa shape index (κ1) is 19.6. The number of hydrogen-bond acceptors (Lipinski definition) is 2. The first-order valence-electron chi connectivity index (χ1n) is 11.1. The zero-order valence-corrected chi connectivity index (χ0v) is 17.8. The first-order chi connectivity index (χ1) is 15.3. The summed E-state index contributed by atoms with van der Waals surface area (Å²) in [6.07, 6.45) is 6.81. The van der Waals surface area contributed by atoms with Gasteiger partial charge in [-0.05, 0) is 83.2 Å². The largest absolute Gasteiger partial charge is 0.388 e. The molecule has 2 aliphatic rings. The molecule has 0 heterocycles. The number of allylic oxidation sites excluding steroid dienone is 2. The highest BCUT2D eigenvalue weighted by molar-refractivity contribution is 5.78. The van der Waals surface area contributed by atoms with Crippen LogP contribution < -0.4 is 10.6 Å². The standard InChI is InChI=1S/C28H28N2O/c1-29-24-12-8-21(9-13-24)26-16-17-27(22-10-14-25(15-11-22)30-18-31)28(26)23-6-4-20(5-7-23)19-2-3-19/h4-15,17-19,26,28-29H,2-3,16H2,1H3,(H,30,31). The highest BCUT2D eigenvalue weighted by Crippen LogP contribution is 2.51. The predicted molar refractivity (Wildman–Crippen MR) is 129 cm³/mol. The van der Waals surface area contributed by atoms with Gasteiger partial charge in [0.15, 0.2) is 0 Å². The molecule has 2 atom stereocenters. The average molecular weight is 409 g/mol. The van der Waals surface area contributed by atoms with E-state index < -0.39 is 0 Å². The summed E-state index contributed by atoms with van der Waals surface area (Å²) >= 11 is 0. The molecule has 0 aromatic heterocycles. The SMILES string of the molecule is CNc1ccc(C2CC=C(c3ccc(NC=O)cc3)C2c2ccc(C3CC3)cc2)cc1. The first-order valence-corrected chi connectivity index (χ1v) is 11.1. The van der Waals surface area contributed by atoms with E-state index in [9.17, 15) is 4.79 Å². The molecule has 3 aromatic rings. The van der Waals surface area contributed by atoms with E-state index in [0.29, 0.717) is 11.8 Å². The Hall–Kier alpha value is -3.33. The third kappa shape index (κ3) is 4.00. The van der Waals surface area contributed by atoms with Gasteiger partial charge in [-0.25, -0.2) is 0 Å². The minimum atomic E-state index is 0.318. The lowest BCUT2D eigenvalue weighted by Crippen LogP contribution is -2.09. The van der Waals surface area contributed by atoms with Crippen molar-refractivity contribution in [3.05, 3.63) is 101 Å². The number of anilines is 2. The van der Waals surface area contributed by atoms with Gasteiger partial charge in [-0.2, -0.15) is 0 Å². The molecule has 1 saturated carbocycles. The van der Waals surface area contributed by atoms with Gasteiger partial charge < -0.3 is 10.6 Å². The maximum Gasteiger partial charge on any atom is 0.211 e. The Morgan fingerprint density at radius 2 is 1.39 bits per heavy atom. The average Bonchev–Trinajstić information content (AvgIpc) is 3.58. The molecule has 3 nitrogen and oxygen atoms in total. The van der Waals surface area contributed by atoms with Crippen molar-refractivity contribution >= 4 is 23.4 Å². The molecule has 0 saturated heterocycles. The molecule has 3 aromatic carbocycles. The molecule has 0 bridgehead atoms.